The smallest absolute Gasteiger partial charge is 0.254 e. The van der Waals surface area contributed by atoms with Gasteiger partial charge in [-0.15, -0.1) is 0 Å². The summed E-state index contributed by atoms with van der Waals surface area (Å²) in [5.74, 6) is 0.00599. The summed E-state index contributed by atoms with van der Waals surface area (Å²) >= 11 is 0. The second-order valence-corrected chi connectivity index (χ2v) is 5.53. The van der Waals surface area contributed by atoms with Gasteiger partial charge in [-0.3, -0.25) is 4.79 Å². The molecule has 1 aromatic heterocycles. The van der Waals surface area contributed by atoms with Crippen molar-refractivity contribution in [2.45, 2.75) is 32.6 Å². The van der Waals surface area contributed by atoms with Crippen LogP contribution in [-0.4, -0.2) is 29.0 Å². The number of aromatic nitrogens is 2. The predicted octanol–water partition coefficient (Wildman–Crippen LogP) is 3.19. The monoisotopic (exact) mass is 330 g/mol. The molecule has 0 aliphatic rings. The number of hydrogen-bond donors (Lipinski definition) is 2. The van der Waals surface area contributed by atoms with Crippen LogP contribution in [0.4, 0.5) is 10.3 Å². The Hall–Kier alpha value is -2.50. The fraction of sp³-hybridized carbons (Fsp3) is 0.389. The van der Waals surface area contributed by atoms with Gasteiger partial charge in [-0.2, -0.15) is 0 Å². The van der Waals surface area contributed by atoms with Crippen LogP contribution >= 0.6 is 0 Å². The van der Waals surface area contributed by atoms with E-state index in [2.05, 4.69) is 27.5 Å². The van der Waals surface area contributed by atoms with Crippen molar-refractivity contribution in [3.63, 3.8) is 0 Å². The van der Waals surface area contributed by atoms with Gasteiger partial charge in [0.1, 0.15) is 5.82 Å². The Balaban J connectivity index is 1.77. The van der Waals surface area contributed by atoms with Crippen LogP contribution in [0, 0.1) is 5.82 Å². The summed E-state index contributed by atoms with van der Waals surface area (Å²) in [4.78, 5) is 20.3. The summed E-state index contributed by atoms with van der Waals surface area (Å²) in [5.41, 5.74) is 0.975. The van der Waals surface area contributed by atoms with Gasteiger partial charge < -0.3 is 10.6 Å². The number of carbonyl (C=O) groups is 1. The van der Waals surface area contributed by atoms with Gasteiger partial charge in [-0.1, -0.05) is 38.0 Å². The van der Waals surface area contributed by atoms with Gasteiger partial charge in [-0.05, 0) is 24.5 Å². The number of halogens is 1. The quantitative estimate of drug-likeness (QED) is 0.693. The molecule has 2 N–H and O–H groups in total. The summed E-state index contributed by atoms with van der Waals surface area (Å²) in [5, 5.41) is 5.87. The first-order valence-corrected chi connectivity index (χ1v) is 8.28. The number of hydrogen-bond acceptors (Lipinski definition) is 4. The van der Waals surface area contributed by atoms with Crippen molar-refractivity contribution in [2.75, 3.05) is 18.4 Å². The van der Waals surface area contributed by atoms with E-state index in [-0.39, 0.29) is 11.7 Å². The lowest BCUT2D eigenvalue weighted by atomic mass is 10.1. The number of nitrogens with one attached hydrogen (secondary N) is 2. The molecule has 0 aliphatic carbocycles. The van der Waals surface area contributed by atoms with Crippen molar-refractivity contribution < 1.29 is 9.18 Å². The van der Waals surface area contributed by atoms with Crippen LogP contribution in [0.5, 0.6) is 0 Å². The Morgan fingerprint density at radius 2 is 1.88 bits per heavy atom. The van der Waals surface area contributed by atoms with Crippen LogP contribution in [0.1, 0.15) is 42.1 Å². The first kappa shape index (κ1) is 17.8. The van der Waals surface area contributed by atoms with E-state index in [0.717, 1.165) is 25.8 Å². The molecule has 0 unspecified atom stereocenters. The van der Waals surface area contributed by atoms with Crippen molar-refractivity contribution in [1.82, 2.24) is 15.3 Å². The molecule has 0 atom stereocenters. The van der Waals surface area contributed by atoms with E-state index < -0.39 is 0 Å². The minimum atomic E-state index is -0.260. The van der Waals surface area contributed by atoms with E-state index in [1.54, 1.807) is 18.2 Å². The zero-order chi connectivity index (χ0) is 17.2. The van der Waals surface area contributed by atoms with Gasteiger partial charge in [0.2, 0.25) is 5.95 Å². The fourth-order valence-corrected chi connectivity index (χ4v) is 2.23. The third-order valence-corrected chi connectivity index (χ3v) is 3.62. The highest BCUT2D eigenvalue weighted by atomic mass is 19.1. The summed E-state index contributed by atoms with van der Waals surface area (Å²) in [7, 11) is 0. The number of benzene rings is 1. The first-order chi connectivity index (χ1) is 11.7. The molecule has 2 aromatic rings. The molecule has 128 valence electrons. The van der Waals surface area contributed by atoms with Crippen molar-refractivity contribution in [3.05, 3.63) is 53.6 Å². The number of amides is 1. The van der Waals surface area contributed by atoms with Crippen LogP contribution in [0.25, 0.3) is 0 Å². The van der Waals surface area contributed by atoms with Crippen LogP contribution in [0.2, 0.25) is 0 Å². The molecular weight excluding hydrogens is 307 g/mol. The topological polar surface area (TPSA) is 66.9 Å². The van der Waals surface area contributed by atoms with Gasteiger partial charge >= 0.3 is 0 Å². The predicted molar refractivity (Wildman–Crippen MR) is 92.5 cm³/mol. The Morgan fingerprint density at radius 3 is 2.58 bits per heavy atom. The molecule has 0 saturated heterocycles. The average molecular weight is 330 g/mol. The lowest BCUT2D eigenvalue weighted by Crippen LogP contribution is -2.26. The van der Waals surface area contributed by atoms with Crippen LogP contribution in [0.15, 0.2) is 36.7 Å². The molecule has 0 aliphatic heterocycles. The Bertz CT molecular complexity index is 646. The van der Waals surface area contributed by atoms with Crippen LogP contribution in [-0.2, 0) is 6.42 Å². The fourth-order valence-electron chi connectivity index (χ4n) is 2.23. The van der Waals surface area contributed by atoms with E-state index in [0.29, 0.717) is 30.0 Å². The largest absolute Gasteiger partial charge is 0.354 e. The molecule has 0 fully saturated rings. The zero-order valence-electron chi connectivity index (χ0n) is 13.9. The van der Waals surface area contributed by atoms with Crippen molar-refractivity contribution in [2.24, 2.45) is 0 Å². The van der Waals surface area contributed by atoms with Crippen molar-refractivity contribution in [1.29, 1.82) is 0 Å². The zero-order valence-corrected chi connectivity index (χ0v) is 13.9. The standard InChI is InChI=1S/C18H23FN4O/c1-2-3-6-10-21-18-22-12-15(13-23-18)17(24)20-11-9-14-7-4-5-8-16(14)19/h4-5,7-8,12-13H,2-3,6,9-11H2,1H3,(H,20,24)(H,21,22,23). The minimum Gasteiger partial charge on any atom is -0.354 e. The normalized spacial score (nSPS) is 10.4. The summed E-state index contributed by atoms with van der Waals surface area (Å²) in [6.07, 6.45) is 6.82. The molecule has 5 nitrogen and oxygen atoms in total. The molecule has 0 bridgehead atoms. The van der Waals surface area contributed by atoms with Gasteiger partial charge in [0.25, 0.3) is 5.91 Å². The highest BCUT2D eigenvalue weighted by Gasteiger charge is 2.07. The maximum absolute atomic E-state index is 13.5. The first-order valence-electron chi connectivity index (χ1n) is 8.28. The van der Waals surface area contributed by atoms with Crippen LogP contribution < -0.4 is 10.6 Å². The van der Waals surface area contributed by atoms with E-state index in [1.807, 2.05) is 0 Å². The number of nitrogens with zero attached hydrogens (tertiary/aromatic N) is 2. The molecule has 0 radical (unpaired) electrons. The van der Waals surface area contributed by atoms with E-state index in [4.69, 9.17) is 0 Å². The highest BCUT2D eigenvalue weighted by molar-refractivity contribution is 5.93. The van der Waals surface area contributed by atoms with E-state index in [1.165, 1.54) is 18.5 Å². The van der Waals surface area contributed by atoms with E-state index in [9.17, 15) is 9.18 Å². The molecule has 1 aromatic carbocycles. The Labute approximate surface area is 141 Å². The Morgan fingerprint density at radius 1 is 1.12 bits per heavy atom. The van der Waals surface area contributed by atoms with Gasteiger partial charge in [-0.25, -0.2) is 14.4 Å². The number of carbonyl (C=O) groups excluding carboxylic acids is 1. The number of unbranched alkanes of at least 4 members (excludes halogenated alkanes) is 2. The molecule has 0 saturated carbocycles. The number of rotatable bonds is 9. The van der Waals surface area contributed by atoms with Crippen molar-refractivity contribution >= 4 is 11.9 Å². The van der Waals surface area contributed by atoms with Gasteiger partial charge in [0, 0.05) is 25.5 Å². The summed E-state index contributed by atoms with van der Waals surface area (Å²) in [6.45, 7) is 3.33. The van der Waals surface area contributed by atoms with E-state index >= 15 is 0 Å². The summed E-state index contributed by atoms with van der Waals surface area (Å²) in [6, 6.07) is 6.55. The molecule has 1 amide bonds. The van der Waals surface area contributed by atoms with Crippen LogP contribution in [0.3, 0.4) is 0 Å². The molecule has 1 heterocycles. The number of anilines is 1. The molecule has 2 rings (SSSR count). The van der Waals surface area contributed by atoms with Gasteiger partial charge in [0.05, 0.1) is 5.56 Å². The van der Waals surface area contributed by atoms with Gasteiger partial charge in [0.15, 0.2) is 0 Å². The maximum atomic E-state index is 13.5. The molecular formula is C18H23FN4O. The maximum Gasteiger partial charge on any atom is 0.254 e. The summed E-state index contributed by atoms with van der Waals surface area (Å²) < 4.78 is 13.5. The third-order valence-electron chi connectivity index (χ3n) is 3.62. The highest BCUT2D eigenvalue weighted by Crippen LogP contribution is 2.06. The average Bonchev–Trinajstić information content (AvgIpc) is 2.61. The molecule has 24 heavy (non-hydrogen) atoms. The minimum absolute atomic E-state index is 0.256. The SMILES string of the molecule is CCCCCNc1ncc(C(=O)NCCc2ccccc2F)cn1. The third kappa shape index (κ3) is 5.61. The molecule has 6 heteroatoms. The van der Waals surface area contributed by atoms with Crippen molar-refractivity contribution in [3.8, 4) is 0 Å². The second-order valence-electron chi connectivity index (χ2n) is 5.53. The second kappa shape index (κ2) is 9.60. The lowest BCUT2D eigenvalue weighted by molar-refractivity contribution is 0.0953. The lowest BCUT2D eigenvalue weighted by Gasteiger charge is -2.07. The molecule has 0 spiro atoms. The Kier molecular flexibility index (Phi) is 7.14.